The first-order valence-corrected chi connectivity index (χ1v) is 6.25. The van der Waals surface area contributed by atoms with Crippen LogP contribution in [0.1, 0.15) is 37.3 Å². The Morgan fingerprint density at radius 1 is 1.11 bits per heavy atom. The fourth-order valence-electron chi connectivity index (χ4n) is 2.39. The number of hydrogen-bond acceptors (Lipinski definition) is 5. The van der Waals surface area contributed by atoms with Crippen molar-refractivity contribution in [3.05, 3.63) is 44.0 Å². The third-order valence-corrected chi connectivity index (χ3v) is 3.36. The summed E-state index contributed by atoms with van der Waals surface area (Å²) >= 11 is 0. The fraction of sp³-hybridized carbons (Fsp3) is 0.500. The van der Waals surface area contributed by atoms with E-state index in [1.807, 2.05) is 0 Å². The normalized spacial score (nSPS) is 19.7. The molecule has 1 atom stereocenters. The first-order valence-electron chi connectivity index (χ1n) is 6.25. The molecule has 1 unspecified atom stereocenters. The van der Waals surface area contributed by atoms with E-state index in [0.717, 1.165) is 38.3 Å². The SMILES string of the molecule is O=[N+]([O-])c1ccc(C2CCCCCN2)c([N+](=O)[O-])c1. The standard InChI is InChI=1S/C12H15N3O4/c16-14(17)9-5-6-10(12(8-9)15(18)19)11-4-2-1-3-7-13-11/h5-6,8,11,13H,1-4,7H2. The molecule has 1 saturated heterocycles. The summed E-state index contributed by atoms with van der Waals surface area (Å²) in [6, 6.07) is 3.78. The molecule has 7 nitrogen and oxygen atoms in total. The molecule has 102 valence electrons. The summed E-state index contributed by atoms with van der Waals surface area (Å²) in [6.45, 7) is 0.818. The van der Waals surface area contributed by atoms with Crippen LogP contribution in [0.4, 0.5) is 11.4 Å². The van der Waals surface area contributed by atoms with Crippen molar-refractivity contribution in [1.82, 2.24) is 5.32 Å². The molecule has 1 aromatic rings. The summed E-state index contributed by atoms with van der Waals surface area (Å²) in [5.41, 5.74) is 0.121. The predicted octanol–water partition coefficient (Wildman–Crippen LogP) is 2.71. The maximum absolute atomic E-state index is 11.1. The zero-order valence-corrected chi connectivity index (χ0v) is 10.4. The van der Waals surface area contributed by atoms with Crippen molar-refractivity contribution in [2.24, 2.45) is 0 Å². The molecule has 0 bridgehead atoms. The van der Waals surface area contributed by atoms with E-state index in [-0.39, 0.29) is 17.4 Å². The number of nitro groups is 2. The number of benzene rings is 1. The van der Waals surface area contributed by atoms with E-state index in [9.17, 15) is 20.2 Å². The van der Waals surface area contributed by atoms with Crippen molar-refractivity contribution in [1.29, 1.82) is 0 Å². The number of nitro benzene ring substituents is 2. The molecule has 0 radical (unpaired) electrons. The molecule has 2 rings (SSSR count). The summed E-state index contributed by atoms with van der Waals surface area (Å²) in [7, 11) is 0. The highest BCUT2D eigenvalue weighted by Gasteiger charge is 2.25. The largest absolute Gasteiger partial charge is 0.310 e. The molecular formula is C12H15N3O4. The third kappa shape index (κ3) is 3.05. The lowest BCUT2D eigenvalue weighted by Crippen LogP contribution is -2.21. The van der Waals surface area contributed by atoms with Crippen LogP contribution in [0.15, 0.2) is 18.2 Å². The maximum atomic E-state index is 11.1. The molecule has 0 spiro atoms. The van der Waals surface area contributed by atoms with Gasteiger partial charge in [-0.2, -0.15) is 0 Å². The second-order valence-corrected chi connectivity index (χ2v) is 4.61. The summed E-state index contributed by atoms with van der Waals surface area (Å²) in [6.07, 6.45) is 3.98. The van der Waals surface area contributed by atoms with Crippen LogP contribution in [0, 0.1) is 20.2 Å². The van der Waals surface area contributed by atoms with E-state index in [1.165, 1.54) is 12.1 Å². The first kappa shape index (κ1) is 13.4. The average Bonchev–Trinajstić information content (AvgIpc) is 2.66. The Hall–Kier alpha value is -2.02. The van der Waals surface area contributed by atoms with Gasteiger partial charge in [-0.3, -0.25) is 20.2 Å². The highest BCUT2D eigenvalue weighted by atomic mass is 16.6. The molecule has 19 heavy (non-hydrogen) atoms. The van der Waals surface area contributed by atoms with Gasteiger partial charge in [-0.15, -0.1) is 0 Å². The summed E-state index contributed by atoms with van der Waals surface area (Å²) < 4.78 is 0. The minimum atomic E-state index is -0.614. The lowest BCUT2D eigenvalue weighted by molar-refractivity contribution is -0.394. The van der Waals surface area contributed by atoms with Gasteiger partial charge in [-0.25, -0.2) is 0 Å². The Labute approximate surface area is 109 Å². The molecule has 0 aliphatic carbocycles. The highest BCUT2D eigenvalue weighted by molar-refractivity contribution is 5.50. The summed E-state index contributed by atoms with van der Waals surface area (Å²) in [5, 5.41) is 25.0. The molecule has 1 aromatic carbocycles. The third-order valence-electron chi connectivity index (χ3n) is 3.36. The lowest BCUT2D eigenvalue weighted by atomic mass is 10.00. The molecule has 1 aliphatic rings. The topological polar surface area (TPSA) is 98.3 Å². The number of nitrogens with zero attached hydrogens (tertiary/aromatic N) is 2. The van der Waals surface area contributed by atoms with Gasteiger partial charge in [0.15, 0.2) is 0 Å². The highest BCUT2D eigenvalue weighted by Crippen LogP contribution is 2.32. The van der Waals surface area contributed by atoms with Gasteiger partial charge < -0.3 is 5.32 Å². The van der Waals surface area contributed by atoms with Crippen LogP contribution in [0.3, 0.4) is 0 Å². The number of non-ortho nitro benzene ring substituents is 1. The van der Waals surface area contributed by atoms with E-state index in [1.54, 1.807) is 0 Å². The average molecular weight is 265 g/mol. The molecule has 1 fully saturated rings. The Morgan fingerprint density at radius 3 is 2.58 bits per heavy atom. The van der Waals surface area contributed by atoms with Crippen molar-refractivity contribution in [3.63, 3.8) is 0 Å². The summed E-state index contributed by atoms with van der Waals surface area (Å²) in [5.74, 6) is 0. The first-order chi connectivity index (χ1) is 9.09. The number of nitrogens with one attached hydrogen (secondary N) is 1. The Morgan fingerprint density at radius 2 is 1.89 bits per heavy atom. The van der Waals surface area contributed by atoms with E-state index in [0.29, 0.717) is 5.56 Å². The van der Waals surface area contributed by atoms with Crippen LogP contribution >= 0.6 is 0 Å². The van der Waals surface area contributed by atoms with Gasteiger partial charge in [-0.1, -0.05) is 12.8 Å². The van der Waals surface area contributed by atoms with Crippen LogP contribution in [0.25, 0.3) is 0 Å². The second kappa shape index (κ2) is 5.75. The van der Waals surface area contributed by atoms with E-state index in [2.05, 4.69) is 5.32 Å². The van der Waals surface area contributed by atoms with Crippen molar-refractivity contribution in [2.45, 2.75) is 31.7 Å². The van der Waals surface area contributed by atoms with Crippen molar-refractivity contribution in [2.75, 3.05) is 6.54 Å². The van der Waals surface area contributed by atoms with Gasteiger partial charge >= 0.3 is 0 Å². The van der Waals surface area contributed by atoms with Crippen LogP contribution < -0.4 is 5.32 Å². The van der Waals surface area contributed by atoms with Crippen molar-refractivity contribution >= 4 is 11.4 Å². The molecular weight excluding hydrogens is 250 g/mol. The number of rotatable bonds is 3. The molecule has 0 saturated carbocycles. The summed E-state index contributed by atoms with van der Waals surface area (Å²) in [4.78, 5) is 20.6. The van der Waals surface area contributed by atoms with E-state index < -0.39 is 9.85 Å². The van der Waals surface area contributed by atoms with E-state index >= 15 is 0 Å². The van der Waals surface area contributed by atoms with Gasteiger partial charge in [0.25, 0.3) is 11.4 Å². The zero-order valence-electron chi connectivity index (χ0n) is 10.4. The quantitative estimate of drug-likeness (QED) is 0.669. The van der Waals surface area contributed by atoms with Crippen LogP contribution in [-0.2, 0) is 0 Å². The zero-order chi connectivity index (χ0) is 13.8. The maximum Gasteiger partial charge on any atom is 0.281 e. The van der Waals surface area contributed by atoms with Gasteiger partial charge in [0, 0.05) is 17.7 Å². The van der Waals surface area contributed by atoms with E-state index in [4.69, 9.17) is 0 Å². The molecule has 7 heteroatoms. The minimum absolute atomic E-state index is 0.0938. The van der Waals surface area contributed by atoms with Crippen LogP contribution in [0.5, 0.6) is 0 Å². The Balaban J connectivity index is 2.37. The molecule has 0 amide bonds. The molecule has 1 N–H and O–H groups in total. The van der Waals surface area contributed by atoms with Crippen molar-refractivity contribution < 1.29 is 9.85 Å². The minimum Gasteiger partial charge on any atom is -0.310 e. The van der Waals surface area contributed by atoms with Crippen LogP contribution in [0.2, 0.25) is 0 Å². The second-order valence-electron chi connectivity index (χ2n) is 4.61. The fourth-order valence-corrected chi connectivity index (χ4v) is 2.39. The lowest BCUT2D eigenvalue weighted by Gasteiger charge is -2.15. The van der Waals surface area contributed by atoms with Gasteiger partial charge in [-0.05, 0) is 25.5 Å². The van der Waals surface area contributed by atoms with Gasteiger partial charge in [0.1, 0.15) is 0 Å². The van der Waals surface area contributed by atoms with Crippen molar-refractivity contribution in [3.8, 4) is 0 Å². The Bertz CT molecular complexity index is 496. The Kier molecular flexibility index (Phi) is 4.06. The van der Waals surface area contributed by atoms with Crippen LogP contribution in [-0.4, -0.2) is 16.4 Å². The predicted molar refractivity (Wildman–Crippen MR) is 69.0 cm³/mol. The molecule has 1 heterocycles. The number of hydrogen-bond donors (Lipinski definition) is 1. The molecule has 0 aromatic heterocycles. The van der Waals surface area contributed by atoms with Gasteiger partial charge in [0.2, 0.25) is 0 Å². The van der Waals surface area contributed by atoms with Gasteiger partial charge in [0.05, 0.1) is 15.9 Å². The smallest absolute Gasteiger partial charge is 0.281 e. The molecule has 1 aliphatic heterocycles. The monoisotopic (exact) mass is 265 g/mol.